The Labute approximate surface area is 324 Å². The van der Waals surface area contributed by atoms with Crippen molar-refractivity contribution >= 4 is 6.09 Å². The molecule has 1 saturated heterocycles. The van der Waals surface area contributed by atoms with E-state index in [1.54, 1.807) is 0 Å². The Bertz CT molecular complexity index is 861. The van der Waals surface area contributed by atoms with Crippen LogP contribution in [0.4, 0.5) is 4.79 Å². The van der Waals surface area contributed by atoms with Crippen molar-refractivity contribution in [3.63, 3.8) is 0 Å². The first kappa shape index (κ1) is 48.2. The van der Waals surface area contributed by atoms with E-state index in [9.17, 15) is 4.79 Å². The van der Waals surface area contributed by atoms with Gasteiger partial charge in [0, 0.05) is 26.2 Å². The molecule has 1 fully saturated rings. The van der Waals surface area contributed by atoms with E-state index in [0.29, 0.717) is 19.8 Å². The first-order valence-electron chi connectivity index (χ1n) is 22.6. The summed E-state index contributed by atoms with van der Waals surface area (Å²) in [5.41, 5.74) is 0. The van der Waals surface area contributed by atoms with Crippen molar-refractivity contribution in [2.45, 2.75) is 194 Å². The second-order valence-electron chi connectivity index (χ2n) is 15.1. The number of carbonyl (C=O) groups is 1. The smallest absolute Gasteiger partial charge is 0.409 e. The second-order valence-corrected chi connectivity index (χ2v) is 15.1. The summed E-state index contributed by atoms with van der Waals surface area (Å²) in [6.07, 6.45) is 53.2. The number of ether oxygens (including phenoxy) is 2. The van der Waals surface area contributed by atoms with Crippen LogP contribution in [0.5, 0.6) is 0 Å². The van der Waals surface area contributed by atoms with Crippen LogP contribution in [-0.2, 0) is 9.47 Å². The Balaban J connectivity index is 2.14. The number of piperidine rings is 1. The fourth-order valence-electron chi connectivity index (χ4n) is 6.78. The van der Waals surface area contributed by atoms with E-state index in [-0.39, 0.29) is 6.09 Å². The zero-order valence-electron chi connectivity index (χ0n) is 34.7. The van der Waals surface area contributed by atoms with E-state index in [4.69, 9.17) is 9.47 Å². The van der Waals surface area contributed by atoms with Crippen LogP contribution in [0, 0.1) is 0 Å². The predicted octanol–water partition coefficient (Wildman–Crippen LogP) is 13.9. The molecule has 52 heavy (non-hydrogen) atoms. The van der Waals surface area contributed by atoms with Gasteiger partial charge in [-0.1, -0.05) is 146 Å². The van der Waals surface area contributed by atoms with E-state index in [2.05, 4.69) is 67.4 Å². The number of unbranched alkanes of at least 4 members (excludes halogenated alkanes) is 18. The molecule has 5 heteroatoms. The molecule has 0 aliphatic carbocycles. The topological polar surface area (TPSA) is 42.0 Å². The number of likely N-dealkylation sites (tertiary alicyclic amines) is 1. The van der Waals surface area contributed by atoms with Gasteiger partial charge in [0.2, 0.25) is 0 Å². The second kappa shape index (κ2) is 40.3. The molecule has 1 aliphatic rings. The molecule has 0 aromatic heterocycles. The molecule has 1 heterocycles. The molecule has 1 rings (SSSR count). The molecule has 0 aromatic carbocycles. The number of hydrogen-bond acceptors (Lipinski definition) is 4. The Morgan fingerprint density at radius 2 is 0.981 bits per heavy atom. The van der Waals surface area contributed by atoms with Gasteiger partial charge in [0.25, 0.3) is 0 Å². The van der Waals surface area contributed by atoms with Crippen LogP contribution in [-0.4, -0.2) is 68.4 Å². The molecule has 0 aromatic rings. The first-order valence-corrected chi connectivity index (χ1v) is 22.6. The average Bonchev–Trinajstić information content (AvgIpc) is 3.16. The Kier molecular flexibility index (Phi) is 37.4. The lowest BCUT2D eigenvalue weighted by Gasteiger charge is -2.26. The molecule has 0 N–H and O–H groups in total. The van der Waals surface area contributed by atoms with Crippen LogP contribution in [0.1, 0.15) is 194 Å². The number of amides is 1. The molecule has 0 unspecified atom stereocenters. The Morgan fingerprint density at radius 3 is 1.52 bits per heavy atom. The standard InChI is InChI=1S/C47H86N2O3/c1-3-5-7-9-11-13-15-17-19-21-23-25-27-29-31-36-42-49(47(50)52-45-38-41-48-39-34-33-35-40-48)43-46-51-44-37-32-30-28-26-24-22-20-18-16-14-12-10-8-6-4-2/h11-14,17-20H,3-10,15-16,21-46H2,1-2H3/b13-11-,14-12-,19-17-,20-18-. The molecule has 0 atom stereocenters. The van der Waals surface area contributed by atoms with Gasteiger partial charge in [-0.15, -0.1) is 0 Å². The van der Waals surface area contributed by atoms with E-state index in [1.807, 2.05) is 4.90 Å². The predicted molar refractivity (Wildman–Crippen MR) is 227 cm³/mol. The highest BCUT2D eigenvalue weighted by Crippen LogP contribution is 2.12. The highest BCUT2D eigenvalue weighted by molar-refractivity contribution is 5.67. The Morgan fingerprint density at radius 1 is 0.500 bits per heavy atom. The fourth-order valence-corrected chi connectivity index (χ4v) is 6.78. The maximum atomic E-state index is 13.0. The summed E-state index contributed by atoms with van der Waals surface area (Å²) >= 11 is 0. The lowest BCUT2D eigenvalue weighted by atomic mass is 10.1. The van der Waals surface area contributed by atoms with Gasteiger partial charge >= 0.3 is 6.09 Å². The van der Waals surface area contributed by atoms with Crippen molar-refractivity contribution in [1.29, 1.82) is 0 Å². The lowest BCUT2D eigenvalue weighted by molar-refractivity contribution is 0.0704. The molecule has 0 bridgehead atoms. The molecule has 0 spiro atoms. The summed E-state index contributed by atoms with van der Waals surface area (Å²) in [5.74, 6) is 0. The van der Waals surface area contributed by atoms with Gasteiger partial charge in [-0.25, -0.2) is 4.79 Å². The minimum absolute atomic E-state index is 0.154. The average molecular weight is 727 g/mol. The van der Waals surface area contributed by atoms with Crippen LogP contribution < -0.4 is 0 Å². The molecule has 5 nitrogen and oxygen atoms in total. The lowest BCUT2D eigenvalue weighted by Crippen LogP contribution is -2.36. The van der Waals surface area contributed by atoms with Gasteiger partial charge < -0.3 is 19.3 Å². The van der Waals surface area contributed by atoms with E-state index in [1.165, 1.54) is 161 Å². The molecule has 0 saturated carbocycles. The molecular weight excluding hydrogens is 641 g/mol. The fraction of sp³-hybridized carbons (Fsp3) is 0.809. The summed E-state index contributed by atoms with van der Waals surface area (Å²) in [6, 6.07) is 0. The van der Waals surface area contributed by atoms with E-state index < -0.39 is 0 Å². The number of rotatable bonds is 37. The minimum atomic E-state index is -0.154. The third-order valence-corrected chi connectivity index (χ3v) is 10.2. The van der Waals surface area contributed by atoms with Crippen molar-refractivity contribution in [2.24, 2.45) is 0 Å². The zero-order chi connectivity index (χ0) is 37.3. The van der Waals surface area contributed by atoms with Gasteiger partial charge in [-0.05, 0) is 109 Å². The molecule has 0 radical (unpaired) electrons. The van der Waals surface area contributed by atoms with E-state index >= 15 is 0 Å². The van der Waals surface area contributed by atoms with Crippen molar-refractivity contribution < 1.29 is 14.3 Å². The summed E-state index contributed by atoms with van der Waals surface area (Å²) in [6.45, 7) is 11.3. The number of nitrogens with zero attached hydrogens (tertiary/aromatic N) is 2. The normalized spacial score (nSPS) is 14.2. The maximum Gasteiger partial charge on any atom is 0.409 e. The highest BCUT2D eigenvalue weighted by atomic mass is 16.6. The van der Waals surface area contributed by atoms with Gasteiger partial charge in [0.15, 0.2) is 0 Å². The Hall–Kier alpha value is -1.85. The molecular formula is C47H86N2O3. The molecule has 302 valence electrons. The maximum absolute atomic E-state index is 13.0. The van der Waals surface area contributed by atoms with Gasteiger partial charge in [-0.3, -0.25) is 0 Å². The number of hydrogen-bond donors (Lipinski definition) is 0. The van der Waals surface area contributed by atoms with Crippen LogP contribution in [0.25, 0.3) is 0 Å². The third kappa shape index (κ3) is 34.0. The number of carbonyl (C=O) groups excluding carboxylic acids is 1. The quantitative estimate of drug-likeness (QED) is 0.0472. The van der Waals surface area contributed by atoms with Crippen LogP contribution >= 0.6 is 0 Å². The van der Waals surface area contributed by atoms with Gasteiger partial charge in [0.1, 0.15) is 0 Å². The largest absolute Gasteiger partial charge is 0.449 e. The number of allylic oxidation sites excluding steroid dienone is 8. The van der Waals surface area contributed by atoms with Crippen molar-refractivity contribution in [3.05, 3.63) is 48.6 Å². The van der Waals surface area contributed by atoms with Crippen LogP contribution in [0.3, 0.4) is 0 Å². The minimum Gasteiger partial charge on any atom is -0.449 e. The summed E-state index contributed by atoms with van der Waals surface area (Å²) in [7, 11) is 0. The van der Waals surface area contributed by atoms with Gasteiger partial charge in [-0.2, -0.15) is 0 Å². The van der Waals surface area contributed by atoms with Crippen molar-refractivity contribution in [1.82, 2.24) is 9.80 Å². The highest BCUT2D eigenvalue weighted by Gasteiger charge is 2.15. The van der Waals surface area contributed by atoms with E-state index in [0.717, 1.165) is 51.8 Å². The summed E-state index contributed by atoms with van der Waals surface area (Å²) < 4.78 is 11.7. The van der Waals surface area contributed by atoms with Crippen molar-refractivity contribution in [3.8, 4) is 0 Å². The zero-order valence-corrected chi connectivity index (χ0v) is 34.7. The summed E-state index contributed by atoms with van der Waals surface area (Å²) in [5, 5.41) is 0. The first-order chi connectivity index (χ1) is 25.8. The molecule has 1 amide bonds. The third-order valence-electron chi connectivity index (χ3n) is 10.2. The van der Waals surface area contributed by atoms with Gasteiger partial charge in [0.05, 0.1) is 13.2 Å². The monoisotopic (exact) mass is 727 g/mol. The van der Waals surface area contributed by atoms with Crippen LogP contribution in [0.2, 0.25) is 0 Å². The van der Waals surface area contributed by atoms with Crippen molar-refractivity contribution in [2.75, 3.05) is 52.5 Å². The van der Waals surface area contributed by atoms with Crippen LogP contribution in [0.15, 0.2) is 48.6 Å². The SMILES string of the molecule is CCCCC/C=C\C/C=C\CCCCCCCCOCCN(CCCCCCCC/C=C\C/C=C\CCCCC)C(=O)OCCCN1CCCCC1. The summed E-state index contributed by atoms with van der Waals surface area (Å²) in [4.78, 5) is 17.4. The molecule has 1 aliphatic heterocycles.